The summed E-state index contributed by atoms with van der Waals surface area (Å²) < 4.78 is 131. The number of nitrogens with one attached hydrogen (secondary N) is 8. The van der Waals surface area contributed by atoms with E-state index in [1.165, 1.54) is 14.0 Å². The lowest BCUT2D eigenvalue weighted by Gasteiger charge is -2.34. The Bertz CT molecular complexity index is 3570. The van der Waals surface area contributed by atoms with Crippen LogP contribution in [0.15, 0.2) is 12.1 Å². The lowest BCUT2D eigenvalue weighted by Crippen LogP contribution is -2.62. The van der Waals surface area contributed by atoms with Gasteiger partial charge in [-0.15, -0.1) is 0 Å². The predicted molar refractivity (Wildman–Crippen MR) is 395 cm³/mol. The number of halogens is 5. The fourth-order valence-electron chi connectivity index (χ4n) is 13.2. The summed E-state index contributed by atoms with van der Waals surface area (Å²) in [6.45, 7) is 5.55. The number of hydrogen-bond acceptors (Lipinski definition) is 26. The molecule has 42 heteroatoms. The monoisotopic (exact) mass is 1670 g/mol. The maximum atomic E-state index is 15.6. The second kappa shape index (κ2) is 47.4. The third kappa shape index (κ3) is 27.6. The number of amides is 10. The summed E-state index contributed by atoms with van der Waals surface area (Å²) in [5, 5.41) is 52.3. The number of hydrogen-bond donors (Lipinski definition) is 12. The summed E-state index contributed by atoms with van der Waals surface area (Å²) in [4.78, 5) is 156. The smallest absolute Gasteiger partial charge is 0.313 e. The van der Waals surface area contributed by atoms with E-state index in [4.69, 9.17) is 43.6 Å². The topological polar surface area (TPSA) is 483 Å². The standard InChI is InChI=1S/C72H104F5N11O24S2/c1-5-39(2)43-8-13-79-54(93)33-81-67(98)47-31-45-44-6-7-52(104-4)46(64(44)86-71(45)114(103)38-49(82-55(94)34-80-66(43)97)68(99)84-48(32-53(78)92)72(102)88-35-41(90)30-50(88)69(100)85-63(70(101)83-47)40(3)51(91)36-89)37-113-42-9-14-87(15-10-42)56(95)11-16-105-18-20-107-22-24-109-26-28-111-29-27-110-25-23-108-21-19-106-17-12-57(96)112-65-61(76)59(74)58(73)60(75)62(65)77/h6-7,39-43,45,47-51,63,71,86,89-91H,5,8-38H2,1-4H3,(H2,78,92)(H,79,93)(H,80,97)(H,81,98)(H,82,94)(H,83,101)(H,84,99)(H,85,100)/t39-,40-,41+,43-,45?,47-,48-,49+,50?,51-,63-,71?,114?/m0/s1. The number of nitrogens with two attached hydrogens (primary N) is 1. The number of esters is 1. The van der Waals surface area contributed by atoms with E-state index in [0.29, 0.717) is 68.1 Å². The van der Waals surface area contributed by atoms with E-state index in [-0.39, 0.29) is 121 Å². The summed E-state index contributed by atoms with van der Waals surface area (Å²) >= 11 is -0.807. The molecule has 0 spiro atoms. The average Bonchev–Trinajstić information content (AvgIpc) is 1.61. The number of rotatable bonds is 36. The minimum Gasteiger partial charge on any atom is -0.615 e. The molecule has 13 atom stereocenters. The maximum Gasteiger partial charge on any atom is 0.313 e. The molecule has 2 bridgehead atoms. The first-order chi connectivity index (χ1) is 54.6. The van der Waals surface area contributed by atoms with Crippen molar-refractivity contribution in [2.24, 2.45) is 23.5 Å². The van der Waals surface area contributed by atoms with E-state index in [1.54, 1.807) is 35.7 Å². The van der Waals surface area contributed by atoms with Crippen LogP contribution in [-0.2, 0) is 103 Å². The van der Waals surface area contributed by atoms with Gasteiger partial charge < -0.3 is 121 Å². The molecule has 35 nitrogen and oxygen atoms in total. The molecule has 638 valence electrons. The normalized spacial score (nSPS) is 24.0. The van der Waals surface area contributed by atoms with Crippen LogP contribution in [-0.4, -0.2) is 299 Å². The fourth-order valence-corrected chi connectivity index (χ4v) is 16.1. The zero-order valence-corrected chi connectivity index (χ0v) is 65.5. The third-order valence-electron chi connectivity index (χ3n) is 19.8. The minimum atomic E-state index is -2.38. The minimum absolute atomic E-state index is 0.00686. The number of benzene rings is 2. The van der Waals surface area contributed by atoms with E-state index in [9.17, 15) is 85.2 Å². The molecule has 13 N–H and O–H groups in total. The summed E-state index contributed by atoms with van der Waals surface area (Å²) in [6, 6.07) is -5.51. The van der Waals surface area contributed by atoms with Gasteiger partial charge in [0.05, 0.1) is 157 Å². The number of carbonyl (C=O) groups is 11. The van der Waals surface area contributed by atoms with Gasteiger partial charge in [-0.1, -0.05) is 33.3 Å². The van der Waals surface area contributed by atoms with Crippen molar-refractivity contribution in [2.45, 2.75) is 143 Å². The Balaban J connectivity index is 0.921. The van der Waals surface area contributed by atoms with Crippen LogP contribution in [0, 0.1) is 46.8 Å². The van der Waals surface area contributed by atoms with Crippen LogP contribution in [0.3, 0.4) is 0 Å². The number of ether oxygens (including phenoxy) is 9. The van der Waals surface area contributed by atoms with Gasteiger partial charge in [0.2, 0.25) is 93.9 Å². The van der Waals surface area contributed by atoms with E-state index in [2.05, 4.69) is 47.3 Å². The molecule has 4 fully saturated rings. The number of aliphatic hydroxyl groups excluding tert-OH is 3. The fraction of sp³-hybridized carbons (Fsp3) is 0.681. The molecule has 0 radical (unpaired) electrons. The number of aliphatic hydroxyl groups is 3. The molecular formula is C72H104F5N11O24S2. The number of carbonyl (C=O) groups excluding carboxylic acids is 11. The van der Waals surface area contributed by atoms with Crippen molar-refractivity contribution in [1.29, 1.82) is 0 Å². The number of primary amides is 1. The van der Waals surface area contributed by atoms with E-state index in [1.807, 2.05) is 6.92 Å². The third-order valence-corrected chi connectivity index (χ3v) is 22.9. The average molecular weight is 1670 g/mol. The number of thioether (sulfide) groups is 1. The van der Waals surface area contributed by atoms with Crippen molar-refractivity contribution in [3.8, 4) is 11.5 Å². The number of methoxy groups -OCH3 is 1. The molecule has 5 heterocycles. The van der Waals surface area contributed by atoms with Gasteiger partial charge in [-0.05, 0) is 54.4 Å². The van der Waals surface area contributed by atoms with Crippen molar-refractivity contribution < 1.29 is 137 Å². The lowest BCUT2D eigenvalue weighted by atomic mass is 9.88. The van der Waals surface area contributed by atoms with Gasteiger partial charge in [0, 0.05) is 66.7 Å². The number of fused-ring (bicyclic) bond motifs is 5. The van der Waals surface area contributed by atoms with Crippen molar-refractivity contribution in [1.82, 2.24) is 47.0 Å². The molecule has 10 amide bonds. The van der Waals surface area contributed by atoms with Crippen LogP contribution in [0.4, 0.5) is 27.6 Å². The van der Waals surface area contributed by atoms with Crippen LogP contribution >= 0.6 is 11.8 Å². The van der Waals surface area contributed by atoms with E-state index >= 15 is 9.35 Å². The Morgan fingerprint density at radius 2 is 1.23 bits per heavy atom. The van der Waals surface area contributed by atoms with E-state index < -0.39 is 228 Å². The summed E-state index contributed by atoms with van der Waals surface area (Å²) in [5.74, 6) is -26.8. The molecule has 4 saturated heterocycles. The second-order valence-electron chi connectivity index (χ2n) is 27.7. The van der Waals surface area contributed by atoms with Gasteiger partial charge >= 0.3 is 5.97 Å². The number of likely N-dealkylation sites (tertiary alicyclic amines) is 1. The molecule has 7 rings (SSSR count). The van der Waals surface area contributed by atoms with Crippen molar-refractivity contribution in [3.05, 3.63) is 52.3 Å². The lowest BCUT2D eigenvalue weighted by molar-refractivity contribution is -0.144. The molecule has 2 aromatic rings. The molecule has 5 aliphatic rings. The Morgan fingerprint density at radius 1 is 0.667 bits per heavy atom. The van der Waals surface area contributed by atoms with Gasteiger partial charge in [-0.3, -0.25) is 52.7 Å². The zero-order chi connectivity index (χ0) is 83.1. The van der Waals surface area contributed by atoms with Crippen LogP contribution < -0.4 is 57.7 Å². The molecule has 0 aliphatic carbocycles. The Kier molecular flexibility index (Phi) is 38.8. The van der Waals surface area contributed by atoms with Crippen LogP contribution in [0.5, 0.6) is 11.5 Å². The highest BCUT2D eigenvalue weighted by molar-refractivity contribution is 7.99. The molecule has 0 saturated carbocycles. The van der Waals surface area contributed by atoms with Crippen LogP contribution in [0.1, 0.15) is 95.6 Å². The van der Waals surface area contributed by atoms with Gasteiger partial charge in [-0.25, -0.2) is 13.2 Å². The molecular weight excluding hydrogens is 1560 g/mol. The summed E-state index contributed by atoms with van der Waals surface area (Å²) in [6.07, 6.45) is -3.47. The largest absolute Gasteiger partial charge is 0.615 e. The highest BCUT2D eigenvalue weighted by Crippen LogP contribution is 2.48. The van der Waals surface area contributed by atoms with Crippen LogP contribution in [0.25, 0.3) is 0 Å². The zero-order valence-electron chi connectivity index (χ0n) is 63.9. The second-order valence-corrected chi connectivity index (χ2v) is 30.6. The van der Waals surface area contributed by atoms with Gasteiger partial charge in [0.15, 0.2) is 11.4 Å². The number of piperidine rings is 1. The molecule has 0 aromatic heterocycles. The van der Waals surface area contributed by atoms with Crippen molar-refractivity contribution in [3.63, 3.8) is 0 Å². The van der Waals surface area contributed by atoms with E-state index in [0.717, 1.165) is 4.90 Å². The first-order valence-corrected chi connectivity index (χ1v) is 40.1. The quantitative estimate of drug-likeness (QED) is 0.00687. The number of anilines is 1. The summed E-state index contributed by atoms with van der Waals surface area (Å²) in [5.41, 5.74) is 7.05. The Hall–Kier alpha value is -7.88. The first-order valence-electron chi connectivity index (χ1n) is 37.6. The molecule has 2 aromatic carbocycles. The summed E-state index contributed by atoms with van der Waals surface area (Å²) in [7, 11) is 1.44. The molecule has 4 unspecified atom stereocenters. The van der Waals surface area contributed by atoms with Gasteiger partial charge in [-0.2, -0.15) is 20.5 Å². The molecule has 114 heavy (non-hydrogen) atoms. The Morgan fingerprint density at radius 3 is 1.80 bits per heavy atom. The van der Waals surface area contributed by atoms with Crippen LogP contribution in [0.2, 0.25) is 0 Å². The number of nitrogens with zero attached hydrogens (tertiary/aromatic N) is 2. The van der Waals surface area contributed by atoms with Crippen molar-refractivity contribution in [2.75, 3.05) is 157 Å². The van der Waals surface area contributed by atoms with Gasteiger partial charge in [0.1, 0.15) is 35.7 Å². The highest BCUT2D eigenvalue weighted by Gasteiger charge is 2.49. The molecule has 5 aliphatic heterocycles. The van der Waals surface area contributed by atoms with Crippen molar-refractivity contribution >= 4 is 93.7 Å². The Labute approximate surface area is 662 Å². The SMILES string of the molecule is CC[C@H](C)[C@@H]1CCNC(=O)CNC(=O)[C@@H]2CC3c4ccc(OC)c(CSC5CCN(C(=O)CCOCCOCCOCCOCCOCCOCCOCCC(=O)Oc6c(F)c(F)c(F)c(F)c6F)CC5)c4NC3[S+]([O-])C[C@@H](NC(=O)CNC1=O)C(=O)N[C@@H](CC(N)=O)C(=O)N1C[C@H](O)CC1C(=O)N[C@@H]([C@@H](C)[C@@H](O)CO)C(=O)N2. The van der Waals surface area contributed by atoms with Gasteiger partial charge in [0.25, 0.3) is 0 Å². The maximum absolute atomic E-state index is 15.6. The predicted octanol–water partition coefficient (Wildman–Crippen LogP) is -1.72. The highest BCUT2D eigenvalue weighted by atomic mass is 32.2. The first kappa shape index (κ1) is 93.3.